The average Bonchev–Trinajstić information content (AvgIpc) is 2.70. The number of rotatable bonds is 10. The molecular formula is C20H33N5O3. The van der Waals surface area contributed by atoms with Crippen LogP contribution in [0.4, 0.5) is 5.69 Å². The predicted molar refractivity (Wildman–Crippen MR) is 112 cm³/mol. The van der Waals surface area contributed by atoms with E-state index in [9.17, 15) is 10.1 Å². The third-order valence-corrected chi connectivity index (χ3v) is 5.02. The van der Waals surface area contributed by atoms with E-state index >= 15 is 0 Å². The average molecular weight is 392 g/mol. The summed E-state index contributed by atoms with van der Waals surface area (Å²) in [7, 11) is 1.67. The van der Waals surface area contributed by atoms with Gasteiger partial charge in [-0.25, -0.2) is 4.99 Å². The summed E-state index contributed by atoms with van der Waals surface area (Å²) in [6.45, 7) is 7.20. The fourth-order valence-corrected chi connectivity index (χ4v) is 3.32. The molecule has 0 radical (unpaired) electrons. The Hall–Kier alpha value is -2.19. The highest BCUT2D eigenvalue weighted by Crippen LogP contribution is 2.16. The van der Waals surface area contributed by atoms with Gasteiger partial charge in [0.25, 0.3) is 5.69 Å². The first kappa shape index (κ1) is 22.1. The van der Waals surface area contributed by atoms with Gasteiger partial charge in [0.15, 0.2) is 5.96 Å². The van der Waals surface area contributed by atoms with Crippen LogP contribution in [0.25, 0.3) is 0 Å². The quantitative estimate of drug-likeness (QED) is 0.209. The molecule has 0 aliphatic carbocycles. The number of aliphatic imine (C=N–C) groups is 1. The summed E-state index contributed by atoms with van der Waals surface area (Å²) in [5.41, 5.74) is 1.02. The number of non-ortho nitro benzene ring substituents is 1. The van der Waals surface area contributed by atoms with Gasteiger partial charge in [0, 0.05) is 44.9 Å². The largest absolute Gasteiger partial charge is 0.383 e. The maximum absolute atomic E-state index is 10.7. The van der Waals surface area contributed by atoms with Crippen LogP contribution in [-0.2, 0) is 11.3 Å². The van der Waals surface area contributed by atoms with Gasteiger partial charge < -0.3 is 20.3 Å². The monoisotopic (exact) mass is 391 g/mol. The van der Waals surface area contributed by atoms with E-state index in [1.165, 1.54) is 37.9 Å². The minimum atomic E-state index is -0.393. The minimum Gasteiger partial charge on any atom is -0.383 e. The smallest absolute Gasteiger partial charge is 0.269 e. The van der Waals surface area contributed by atoms with Crippen molar-refractivity contribution in [2.45, 2.75) is 45.2 Å². The van der Waals surface area contributed by atoms with Crippen molar-refractivity contribution in [3.8, 4) is 0 Å². The molecule has 0 saturated carbocycles. The van der Waals surface area contributed by atoms with Crippen LogP contribution in [0, 0.1) is 10.1 Å². The van der Waals surface area contributed by atoms with Crippen LogP contribution in [0.5, 0.6) is 0 Å². The van der Waals surface area contributed by atoms with E-state index in [0.29, 0.717) is 25.7 Å². The van der Waals surface area contributed by atoms with Crippen molar-refractivity contribution in [2.75, 3.05) is 39.9 Å². The van der Waals surface area contributed by atoms with E-state index in [1.54, 1.807) is 19.2 Å². The van der Waals surface area contributed by atoms with E-state index < -0.39 is 4.92 Å². The number of ether oxygens (including phenoxy) is 1. The second-order valence-electron chi connectivity index (χ2n) is 7.17. The molecule has 0 aromatic heterocycles. The zero-order valence-electron chi connectivity index (χ0n) is 17.0. The molecule has 28 heavy (non-hydrogen) atoms. The zero-order chi connectivity index (χ0) is 20.2. The zero-order valence-corrected chi connectivity index (χ0v) is 17.0. The molecular weight excluding hydrogens is 358 g/mol. The number of piperidine rings is 1. The van der Waals surface area contributed by atoms with Gasteiger partial charge in [-0.1, -0.05) is 18.6 Å². The number of nitrogens with one attached hydrogen (secondary N) is 2. The Kier molecular flexibility index (Phi) is 9.71. The molecule has 1 aliphatic heterocycles. The van der Waals surface area contributed by atoms with Gasteiger partial charge in [-0.15, -0.1) is 0 Å². The molecule has 8 heteroatoms. The lowest BCUT2D eigenvalue weighted by atomic mass is 10.0. The highest BCUT2D eigenvalue weighted by Gasteiger charge is 2.17. The second-order valence-corrected chi connectivity index (χ2v) is 7.17. The highest BCUT2D eigenvalue weighted by molar-refractivity contribution is 5.79. The molecule has 1 unspecified atom stereocenters. The molecule has 1 heterocycles. The molecule has 1 fully saturated rings. The van der Waals surface area contributed by atoms with E-state index in [2.05, 4.69) is 27.4 Å². The first-order valence-electron chi connectivity index (χ1n) is 10.1. The fourth-order valence-electron chi connectivity index (χ4n) is 3.32. The lowest BCUT2D eigenvalue weighted by Gasteiger charge is -2.33. The van der Waals surface area contributed by atoms with Crippen molar-refractivity contribution in [1.29, 1.82) is 0 Å². The Morgan fingerprint density at radius 3 is 2.71 bits per heavy atom. The van der Waals surface area contributed by atoms with Crippen LogP contribution in [-0.4, -0.2) is 61.7 Å². The molecule has 156 valence electrons. The van der Waals surface area contributed by atoms with Crippen molar-refractivity contribution >= 4 is 11.6 Å². The van der Waals surface area contributed by atoms with Crippen molar-refractivity contribution in [1.82, 2.24) is 15.5 Å². The van der Waals surface area contributed by atoms with Crippen molar-refractivity contribution in [3.05, 3.63) is 39.9 Å². The molecule has 1 aromatic rings. The lowest BCUT2D eigenvalue weighted by Crippen LogP contribution is -2.42. The first-order chi connectivity index (χ1) is 13.6. The normalized spacial score (nSPS) is 18.1. The third kappa shape index (κ3) is 7.82. The Balaban J connectivity index is 1.81. The van der Waals surface area contributed by atoms with Crippen LogP contribution < -0.4 is 10.6 Å². The predicted octanol–water partition coefficient (Wildman–Crippen LogP) is 2.54. The Labute approximate surface area is 167 Å². The fraction of sp³-hybridized carbons (Fsp3) is 0.650. The van der Waals surface area contributed by atoms with Crippen molar-refractivity contribution < 1.29 is 9.66 Å². The maximum atomic E-state index is 10.7. The van der Waals surface area contributed by atoms with Crippen LogP contribution in [0.2, 0.25) is 0 Å². The summed E-state index contributed by atoms with van der Waals surface area (Å²) in [5.74, 6) is 0.738. The molecule has 1 saturated heterocycles. The van der Waals surface area contributed by atoms with Gasteiger partial charge >= 0.3 is 0 Å². The van der Waals surface area contributed by atoms with Gasteiger partial charge in [0.2, 0.25) is 0 Å². The first-order valence-corrected chi connectivity index (χ1v) is 10.1. The standard InChI is InChI=1S/C20H33N5O3/c1-17-6-3-4-13-24(17)14-5-11-21-20(22-12-15-28-2)23-16-18-7-9-19(10-8-18)25(26)27/h7-10,17H,3-6,11-16H2,1-2H3,(H2,21,22,23). The molecule has 0 spiro atoms. The molecule has 1 atom stereocenters. The second kappa shape index (κ2) is 12.3. The number of nitro groups is 1. The molecule has 8 nitrogen and oxygen atoms in total. The van der Waals surface area contributed by atoms with Crippen LogP contribution in [0.1, 0.15) is 38.2 Å². The van der Waals surface area contributed by atoms with E-state index in [-0.39, 0.29) is 5.69 Å². The topological polar surface area (TPSA) is 92.0 Å². The molecule has 1 aromatic carbocycles. The number of nitrogens with zero attached hydrogens (tertiary/aromatic N) is 3. The number of likely N-dealkylation sites (tertiary alicyclic amines) is 1. The highest BCUT2D eigenvalue weighted by atomic mass is 16.6. The van der Waals surface area contributed by atoms with Crippen molar-refractivity contribution in [3.63, 3.8) is 0 Å². The van der Waals surface area contributed by atoms with Gasteiger partial charge in [-0.3, -0.25) is 10.1 Å². The summed E-state index contributed by atoms with van der Waals surface area (Å²) in [6, 6.07) is 7.19. The number of hydrogen-bond donors (Lipinski definition) is 2. The molecule has 0 amide bonds. The molecule has 2 N–H and O–H groups in total. The Morgan fingerprint density at radius 2 is 2.04 bits per heavy atom. The van der Waals surface area contributed by atoms with E-state index in [0.717, 1.165) is 31.0 Å². The lowest BCUT2D eigenvalue weighted by molar-refractivity contribution is -0.384. The minimum absolute atomic E-state index is 0.0937. The summed E-state index contributed by atoms with van der Waals surface area (Å²) >= 11 is 0. The Bertz CT molecular complexity index is 621. The Morgan fingerprint density at radius 1 is 1.29 bits per heavy atom. The van der Waals surface area contributed by atoms with Crippen molar-refractivity contribution in [2.24, 2.45) is 4.99 Å². The SMILES string of the molecule is COCCNC(=NCc1ccc([N+](=O)[O-])cc1)NCCCN1CCCCC1C. The van der Waals surface area contributed by atoms with Crippen LogP contribution in [0.15, 0.2) is 29.3 Å². The summed E-state index contributed by atoms with van der Waals surface area (Å²) in [4.78, 5) is 17.5. The van der Waals surface area contributed by atoms with E-state index in [1.807, 2.05) is 0 Å². The summed E-state index contributed by atoms with van der Waals surface area (Å²) in [6.07, 6.45) is 5.01. The van der Waals surface area contributed by atoms with Gasteiger partial charge in [0.1, 0.15) is 0 Å². The number of hydrogen-bond acceptors (Lipinski definition) is 5. The molecule has 0 bridgehead atoms. The van der Waals surface area contributed by atoms with Crippen LogP contribution >= 0.6 is 0 Å². The van der Waals surface area contributed by atoms with E-state index in [4.69, 9.17) is 4.74 Å². The number of guanidine groups is 1. The van der Waals surface area contributed by atoms with Gasteiger partial charge in [0.05, 0.1) is 18.1 Å². The maximum Gasteiger partial charge on any atom is 0.269 e. The van der Waals surface area contributed by atoms with Crippen LogP contribution in [0.3, 0.4) is 0 Å². The molecule has 1 aliphatic rings. The molecule has 2 rings (SSSR count). The number of methoxy groups -OCH3 is 1. The summed E-state index contributed by atoms with van der Waals surface area (Å²) < 4.78 is 5.09. The summed E-state index contributed by atoms with van der Waals surface area (Å²) in [5, 5.41) is 17.4. The van der Waals surface area contributed by atoms with Gasteiger partial charge in [-0.2, -0.15) is 0 Å². The van der Waals surface area contributed by atoms with Gasteiger partial charge in [-0.05, 0) is 38.3 Å². The number of benzene rings is 1. The third-order valence-electron chi connectivity index (χ3n) is 5.02. The number of nitro benzene ring substituents is 1.